The fourth-order valence-corrected chi connectivity index (χ4v) is 2.09. The van der Waals surface area contributed by atoms with Crippen molar-refractivity contribution in [2.75, 3.05) is 6.54 Å². The number of nitrogens with zero attached hydrogens (tertiary/aromatic N) is 2. The zero-order chi connectivity index (χ0) is 13.7. The van der Waals surface area contributed by atoms with Crippen LogP contribution in [-0.4, -0.2) is 16.7 Å². The Kier molecular flexibility index (Phi) is 4.93. The van der Waals surface area contributed by atoms with Gasteiger partial charge in [0.2, 0.25) is 11.7 Å². The van der Waals surface area contributed by atoms with Crippen molar-refractivity contribution in [2.24, 2.45) is 11.7 Å². The maximum Gasteiger partial charge on any atom is 0.226 e. The van der Waals surface area contributed by atoms with Crippen LogP contribution in [0.15, 0.2) is 28.8 Å². The molecule has 1 unspecified atom stereocenters. The van der Waals surface area contributed by atoms with Crippen LogP contribution in [0.25, 0.3) is 11.4 Å². The van der Waals surface area contributed by atoms with Gasteiger partial charge in [-0.05, 0) is 37.4 Å². The Bertz CT molecular complexity index is 527. The molecule has 0 radical (unpaired) electrons. The van der Waals surface area contributed by atoms with Crippen LogP contribution in [0.4, 0.5) is 0 Å². The summed E-state index contributed by atoms with van der Waals surface area (Å²) in [5, 5.41) is 4.65. The van der Waals surface area contributed by atoms with Crippen molar-refractivity contribution in [3.8, 4) is 11.4 Å². The van der Waals surface area contributed by atoms with E-state index in [2.05, 4.69) is 17.1 Å². The molecule has 2 aromatic rings. The number of hydrogen-bond donors (Lipinski definition) is 1. The predicted molar refractivity (Wildman–Crippen MR) is 75.9 cm³/mol. The Balaban J connectivity index is 1.99. The topological polar surface area (TPSA) is 64.9 Å². The Morgan fingerprint density at radius 1 is 1.37 bits per heavy atom. The highest BCUT2D eigenvalue weighted by Crippen LogP contribution is 2.20. The van der Waals surface area contributed by atoms with E-state index in [-0.39, 0.29) is 0 Å². The van der Waals surface area contributed by atoms with Crippen LogP contribution in [0.1, 0.15) is 25.7 Å². The van der Waals surface area contributed by atoms with Gasteiger partial charge in [-0.3, -0.25) is 0 Å². The number of nitrogens with two attached hydrogens (primary N) is 1. The molecule has 1 aromatic heterocycles. The zero-order valence-corrected chi connectivity index (χ0v) is 11.7. The Morgan fingerprint density at radius 2 is 2.21 bits per heavy atom. The minimum Gasteiger partial charge on any atom is -0.339 e. The monoisotopic (exact) mass is 279 g/mol. The smallest absolute Gasteiger partial charge is 0.226 e. The average Bonchev–Trinajstić information content (AvgIpc) is 2.85. The van der Waals surface area contributed by atoms with Gasteiger partial charge in [-0.1, -0.05) is 35.8 Å². The summed E-state index contributed by atoms with van der Waals surface area (Å²) in [6.07, 6.45) is 2.82. The Morgan fingerprint density at radius 3 is 2.95 bits per heavy atom. The molecule has 1 aromatic carbocycles. The number of hydrogen-bond acceptors (Lipinski definition) is 4. The average molecular weight is 280 g/mol. The van der Waals surface area contributed by atoms with E-state index in [1.54, 1.807) is 0 Å². The summed E-state index contributed by atoms with van der Waals surface area (Å²) in [6.45, 7) is 2.90. The Labute approximate surface area is 118 Å². The highest BCUT2D eigenvalue weighted by molar-refractivity contribution is 6.30. The molecule has 0 saturated heterocycles. The fraction of sp³-hybridized carbons (Fsp3) is 0.429. The molecule has 1 heterocycles. The summed E-state index contributed by atoms with van der Waals surface area (Å²) in [5.74, 6) is 1.83. The van der Waals surface area contributed by atoms with Crippen molar-refractivity contribution in [3.63, 3.8) is 0 Å². The SMILES string of the molecule is CC(CCN)CCc1nc(-c2cccc(Cl)c2)no1. The van der Waals surface area contributed by atoms with Crippen molar-refractivity contribution in [1.82, 2.24) is 10.1 Å². The lowest BCUT2D eigenvalue weighted by Gasteiger charge is -2.06. The van der Waals surface area contributed by atoms with Gasteiger partial charge in [0.15, 0.2) is 0 Å². The molecule has 0 bridgehead atoms. The second-order valence-corrected chi connectivity index (χ2v) is 5.18. The van der Waals surface area contributed by atoms with E-state index in [1.807, 2.05) is 24.3 Å². The molecule has 2 N–H and O–H groups in total. The van der Waals surface area contributed by atoms with Gasteiger partial charge < -0.3 is 10.3 Å². The van der Waals surface area contributed by atoms with Crippen LogP contribution in [0.2, 0.25) is 5.02 Å². The first-order chi connectivity index (χ1) is 9.19. The van der Waals surface area contributed by atoms with E-state index in [0.717, 1.165) is 31.4 Å². The highest BCUT2D eigenvalue weighted by Gasteiger charge is 2.10. The molecule has 0 amide bonds. The fourth-order valence-electron chi connectivity index (χ4n) is 1.90. The summed E-state index contributed by atoms with van der Waals surface area (Å²) in [5.41, 5.74) is 6.40. The summed E-state index contributed by atoms with van der Waals surface area (Å²) in [7, 11) is 0. The van der Waals surface area contributed by atoms with Crippen molar-refractivity contribution in [1.29, 1.82) is 0 Å². The second kappa shape index (κ2) is 6.68. The number of aryl methyl sites for hydroxylation is 1. The summed E-state index contributed by atoms with van der Waals surface area (Å²) in [4.78, 5) is 4.39. The molecule has 0 aliphatic carbocycles. The molecule has 1 atom stereocenters. The van der Waals surface area contributed by atoms with Crippen LogP contribution in [0.3, 0.4) is 0 Å². The number of halogens is 1. The van der Waals surface area contributed by atoms with Gasteiger partial charge in [0.25, 0.3) is 0 Å². The van der Waals surface area contributed by atoms with Crippen molar-refractivity contribution in [3.05, 3.63) is 35.2 Å². The van der Waals surface area contributed by atoms with Crippen LogP contribution >= 0.6 is 11.6 Å². The Hall–Kier alpha value is -1.39. The molecule has 0 fully saturated rings. The molecule has 0 aliphatic heterocycles. The van der Waals surface area contributed by atoms with Crippen LogP contribution in [0, 0.1) is 5.92 Å². The lowest BCUT2D eigenvalue weighted by Crippen LogP contribution is -2.06. The van der Waals surface area contributed by atoms with Crippen molar-refractivity contribution in [2.45, 2.75) is 26.2 Å². The third kappa shape index (κ3) is 4.04. The molecule has 19 heavy (non-hydrogen) atoms. The maximum atomic E-state index is 5.94. The standard InChI is InChI=1S/C14H18ClN3O/c1-10(7-8-16)5-6-13-17-14(18-19-13)11-3-2-4-12(15)9-11/h2-4,9-10H,5-8,16H2,1H3. The predicted octanol–water partition coefficient (Wildman–Crippen LogP) is 3.31. The molecule has 0 spiro atoms. The van der Waals surface area contributed by atoms with E-state index in [9.17, 15) is 0 Å². The minimum atomic E-state index is 0.575. The lowest BCUT2D eigenvalue weighted by atomic mass is 10.0. The highest BCUT2D eigenvalue weighted by atomic mass is 35.5. The van der Waals surface area contributed by atoms with Gasteiger partial charge in [-0.2, -0.15) is 4.98 Å². The van der Waals surface area contributed by atoms with E-state index in [1.165, 1.54) is 0 Å². The zero-order valence-electron chi connectivity index (χ0n) is 11.0. The van der Waals surface area contributed by atoms with Crippen LogP contribution < -0.4 is 5.73 Å². The normalized spacial score (nSPS) is 12.6. The molecule has 102 valence electrons. The first-order valence-electron chi connectivity index (χ1n) is 6.47. The molecule has 5 heteroatoms. The molecule has 0 aliphatic rings. The van der Waals surface area contributed by atoms with Gasteiger partial charge in [-0.15, -0.1) is 0 Å². The van der Waals surface area contributed by atoms with E-state index in [0.29, 0.717) is 22.7 Å². The minimum absolute atomic E-state index is 0.575. The summed E-state index contributed by atoms with van der Waals surface area (Å²) in [6, 6.07) is 7.43. The number of benzene rings is 1. The molecular formula is C14H18ClN3O. The van der Waals surface area contributed by atoms with E-state index >= 15 is 0 Å². The van der Waals surface area contributed by atoms with Gasteiger partial charge in [-0.25, -0.2) is 0 Å². The van der Waals surface area contributed by atoms with Crippen molar-refractivity contribution >= 4 is 11.6 Å². The van der Waals surface area contributed by atoms with E-state index < -0.39 is 0 Å². The number of aromatic nitrogens is 2. The van der Waals surface area contributed by atoms with Crippen molar-refractivity contribution < 1.29 is 4.52 Å². The second-order valence-electron chi connectivity index (χ2n) is 4.74. The van der Waals surface area contributed by atoms with Gasteiger partial charge in [0.1, 0.15) is 0 Å². The quantitative estimate of drug-likeness (QED) is 0.881. The molecule has 0 saturated carbocycles. The molecule has 2 rings (SSSR count). The molecular weight excluding hydrogens is 262 g/mol. The number of rotatable bonds is 6. The third-order valence-corrected chi connectivity index (χ3v) is 3.30. The van der Waals surface area contributed by atoms with Gasteiger partial charge in [0, 0.05) is 17.0 Å². The van der Waals surface area contributed by atoms with Gasteiger partial charge in [0.05, 0.1) is 0 Å². The summed E-state index contributed by atoms with van der Waals surface area (Å²) < 4.78 is 5.25. The molecule has 4 nitrogen and oxygen atoms in total. The van der Waals surface area contributed by atoms with Crippen LogP contribution in [-0.2, 0) is 6.42 Å². The third-order valence-electron chi connectivity index (χ3n) is 3.06. The lowest BCUT2D eigenvalue weighted by molar-refractivity contribution is 0.362. The first kappa shape index (κ1) is 14.0. The largest absolute Gasteiger partial charge is 0.339 e. The first-order valence-corrected chi connectivity index (χ1v) is 6.85. The maximum absolute atomic E-state index is 5.94. The van der Waals surface area contributed by atoms with E-state index in [4.69, 9.17) is 21.9 Å². The van der Waals surface area contributed by atoms with Crippen LogP contribution in [0.5, 0.6) is 0 Å². The van der Waals surface area contributed by atoms with Gasteiger partial charge >= 0.3 is 0 Å². The summed E-state index contributed by atoms with van der Waals surface area (Å²) >= 11 is 5.94.